The lowest BCUT2D eigenvalue weighted by atomic mass is 9.95. The molecule has 0 N–H and O–H groups in total. The first-order valence-corrected chi connectivity index (χ1v) is 24.3. The van der Waals surface area contributed by atoms with Gasteiger partial charge in [0.15, 0.2) is 0 Å². The number of para-hydroxylation sites is 3. The van der Waals surface area contributed by atoms with Gasteiger partial charge in [0, 0.05) is 49.6 Å². The summed E-state index contributed by atoms with van der Waals surface area (Å²) in [6.07, 6.45) is 0. The monoisotopic (exact) mass is 904 g/mol. The van der Waals surface area contributed by atoms with Crippen LogP contribution in [-0.2, 0) is 0 Å². The summed E-state index contributed by atoms with van der Waals surface area (Å²) < 4.78 is 9.11. The van der Waals surface area contributed by atoms with E-state index in [1.54, 1.807) is 0 Å². The summed E-state index contributed by atoms with van der Waals surface area (Å²) in [6, 6.07) is 96.7. The van der Waals surface area contributed by atoms with Crippen molar-refractivity contribution < 1.29 is 4.42 Å². The van der Waals surface area contributed by atoms with Crippen molar-refractivity contribution in [1.29, 1.82) is 0 Å². The maximum atomic E-state index is 6.72. The van der Waals surface area contributed by atoms with E-state index >= 15 is 0 Å². The van der Waals surface area contributed by atoms with Crippen LogP contribution in [-0.4, -0.2) is 4.57 Å². The average Bonchev–Trinajstić information content (AvgIpc) is 4.00. The molecule has 0 aliphatic rings. The fourth-order valence-electron chi connectivity index (χ4n) is 11.0. The normalized spacial score (nSPS) is 11.7. The molecule has 2 aromatic heterocycles. The number of rotatable bonds is 8. The van der Waals surface area contributed by atoms with Gasteiger partial charge in [-0.15, -0.1) is 0 Å². The number of hydrogen-bond acceptors (Lipinski definition) is 2. The lowest BCUT2D eigenvalue weighted by Crippen LogP contribution is -2.11. The highest BCUT2D eigenvalue weighted by Crippen LogP contribution is 2.46. The van der Waals surface area contributed by atoms with Gasteiger partial charge in [-0.3, -0.25) is 0 Å². The van der Waals surface area contributed by atoms with Crippen molar-refractivity contribution in [2.24, 2.45) is 0 Å². The summed E-state index contributed by atoms with van der Waals surface area (Å²) in [6.45, 7) is 0. The third-order valence-electron chi connectivity index (χ3n) is 14.4. The molecule has 3 heteroatoms. The molecule has 0 fully saturated rings. The molecule has 0 bridgehead atoms. The minimum Gasteiger partial charge on any atom is -0.455 e. The number of aromatic nitrogens is 1. The Labute approximate surface area is 411 Å². The van der Waals surface area contributed by atoms with Gasteiger partial charge in [0.25, 0.3) is 0 Å². The van der Waals surface area contributed by atoms with Crippen molar-refractivity contribution in [2.75, 3.05) is 4.90 Å². The Morgan fingerprint density at radius 3 is 1.56 bits per heavy atom. The van der Waals surface area contributed by atoms with Crippen LogP contribution in [0.3, 0.4) is 0 Å². The van der Waals surface area contributed by atoms with Crippen LogP contribution in [0.5, 0.6) is 0 Å². The molecule has 0 unspecified atom stereocenters. The summed E-state index contributed by atoms with van der Waals surface area (Å²) in [7, 11) is 0. The van der Waals surface area contributed by atoms with Gasteiger partial charge in [-0.2, -0.15) is 0 Å². The second-order valence-electron chi connectivity index (χ2n) is 18.5. The van der Waals surface area contributed by atoms with Gasteiger partial charge >= 0.3 is 0 Å². The van der Waals surface area contributed by atoms with Crippen LogP contribution in [0.25, 0.3) is 115 Å². The molecule has 0 aliphatic carbocycles. The van der Waals surface area contributed by atoms with Crippen molar-refractivity contribution in [3.05, 3.63) is 267 Å². The minimum absolute atomic E-state index is 0.873. The molecule has 12 aromatic carbocycles. The molecule has 0 saturated heterocycles. The molecule has 71 heavy (non-hydrogen) atoms. The predicted octanol–water partition coefficient (Wildman–Crippen LogP) is 19.1. The Hall–Kier alpha value is -9.44. The Morgan fingerprint density at radius 1 is 0.310 bits per heavy atom. The molecular weight excluding hydrogens is 861 g/mol. The molecule has 14 aromatic rings. The zero-order chi connectivity index (χ0) is 46.8. The topological polar surface area (TPSA) is 21.3 Å². The first-order valence-electron chi connectivity index (χ1n) is 24.3. The minimum atomic E-state index is 0.873. The van der Waals surface area contributed by atoms with Crippen molar-refractivity contribution in [3.8, 4) is 50.2 Å². The van der Waals surface area contributed by atoms with Gasteiger partial charge in [0.2, 0.25) is 0 Å². The Kier molecular flexibility index (Phi) is 9.53. The van der Waals surface area contributed by atoms with Gasteiger partial charge in [0.05, 0.1) is 16.7 Å². The van der Waals surface area contributed by atoms with E-state index in [4.69, 9.17) is 4.42 Å². The molecule has 3 nitrogen and oxygen atoms in total. The van der Waals surface area contributed by atoms with Crippen molar-refractivity contribution in [1.82, 2.24) is 4.57 Å². The zero-order valence-corrected chi connectivity index (χ0v) is 38.7. The van der Waals surface area contributed by atoms with Crippen molar-refractivity contribution in [2.45, 2.75) is 0 Å². The second kappa shape index (κ2) is 16.7. The fraction of sp³-hybridized carbons (Fsp3) is 0. The van der Waals surface area contributed by atoms with Gasteiger partial charge in [0.1, 0.15) is 11.2 Å². The number of nitrogens with zero attached hydrogens (tertiary/aromatic N) is 2. The van der Waals surface area contributed by atoms with Crippen molar-refractivity contribution in [3.63, 3.8) is 0 Å². The molecule has 0 saturated carbocycles. The fourth-order valence-corrected chi connectivity index (χ4v) is 11.0. The quantitative estimate of drug-likeness (QED) is 0.151. The largest absolute Gasteiger partial charge is 0.455 e. The Balaban J connectivity index is 0.888. The molecular formula is C68H44N2O. The number of benzene rings is 12. The van der Waals surface area contributed by atoms with Crippen LogP contribution >= 0.6 is 0 Å². The number of anilines is 3. The third kappa shape index (κ3) is 6.89. The molecule has 332 valence electrons. The van der Waals surface area contributed by atoms with Gasteiger partial charge in [-0.1, -0.05) is 188 Å². The number of hydrogen-bond donors (Lipinski definition) is 0. The molecule has 0 radical (unpaired) electrons. The lowest BCUT2D eigenvalue weighted by Gasteiger charge is -2.28. The highest BCUT2D eigenvalue weighted by Gasteiger charge is 2.22. The lowest BCUT2D eigenvalue weighted by molar-refractivity contribution is 0.673. The molecule has 0 aliphatic heterocycles. The molecule has 0 spiro atoms. The Morgan fingerprint density at radius 2 is 0.831 bits per heavy atom. The molecule has 0 atom stereocenters. The second-order valence-corrected chi connectivity index (χ2v) is 18.5. The number of furan rings is 1. The van der Waals surface area contributed by atoms with E-state index in [0.29, 0.717) is 0 Å². The highest BCUT2D eigenvalue weighted by atomic mass is 16.3. The predicted molar refractivity (Wildman–Crippen MR) is 299 cm³/mol. The maximum absolute atomic E-state index is 6.72. The average molecular weight is 905 g/mol. The summed E-state index contributed by atoms with van der Waals surface area (Å²) in [5, 5.41) is 9.50. The first-order chi connectivity index (χ1) is 35.2. The van der Waals surface area contributed by atoms with Crippen LogP contribution < -0.4 is 4.90 Å². The van der Waals surface area contributed by atoms with Gasteiger partial charge < -0.3 is 13.9 Å². The standard InChI is InChI=1S/C68H44N2O/c1-2-16-49-43-53(31-30-45(49)14-1)51-18-11-17-50(42-51)46-32-37-54(38-33-46)69(63-26-8-7-24-60(63)61-25-13-29-66-67(61)62-41-36-48-15-3-4-21-57(48)68(62)71-66)55-39-34-47(35-40-55)52-19-12-20-56(44-52)70-64-27-9-5-22-58(64)59-23-6-10-28-65(59)70/h1-44H. The van der Waals surface area contributed by atoms with E-state index in [1.165, 1.54) is 49.3 Å². The molecule has 2 heterocycles. The molecule has 0 amide bonds. The van der Waals surface area contributed by atoms with Crippen LogP contribution in [0.1, 0.15) is 0 Å². The SMILES string of the molecule is c1cc(-c2ccc(N(c3ccc(-c4cccc(-n5c6ccccc6c6ccccc65)c4)cc3)c3ccccc3-c3cccc4oc5c6ccccc6ccc5c34)cc2)cc(-c2ccc3ccccc3c2)c1. The van der Waals surface area contributed by atoms with Crippen LogP contribution in [0.2, 0.25) is 0 Å². The third-order valence-corrected chi connectivity index (χ3v) is 14.4. The van der Waals surface area contributed by atoms with Crippen LogP contribution in [0.4, 0.5) is 17.1 Å². The van der Waals surface area contributed by atoms with E-state index < -0.39 is 0 Å². The van der Waals surface area contributed by atoms with E-state index in [9.17, 15) is 0 Å². The maximum Gasteiger partial charge on any atom is 0.143 e. The Bertz CT molecular complexity index is 4290. The summed E-state index contributed by atoms with van der Waals surface area (Å²) in [5.41, 5.74) is 17.8. The summed E-state index contributed by atoms with van der Waals surface area (Å²) in [5.74, 6) is 0. The van der Waals surface area contributed by atoms with Crippen LogP contribution in [0, 0.1) is 0 Å². The van der Waals surface area contributed by atoms with E-state index in [1.807, 2.05) is 0 Å². The van der Waals surface area contributed by atoms with E-state index in [-0.39, 0.29) is 0 Å². The van der Waals surface area contributed by atoms with Crippen LogP contribution in [0.15, 0.2) is 271 Å². The van der Waals surface area contributed by atoms with E-state index in [2.05, 4.69) is 276 Å². The first kappa shape index (κ1) is 40.6. The summed E-state index contributed by atoms with van der Waals surface area (Å²) in [4.78, 5) is 2.40. The van der Waals surface area contributed by atoms with Crippen molar-refractivity contribution >= 4 is 82.4 Å². The number of fused-ring (bicyclic) bond motifs is 9. The molecule has 14 rings (SSSR count). The zero-order valence-electron chi connectivity index (χ0n) is 38.7. The van der Waals surface area contributed by atoms with Gasteiger partial charge in [-0.05, 0) is 134 Å². The summed E-state index contributed by atoms with van der Waals surface area (Å²) >= 11 is 0. The highest BCUT2D eigenvalue weighted by molar-refractivity contribution is 6.20. The van der Waals surface area contributed by atoms with E-state index in [0.717, 1.165) is 83.3 Å². The smallest absolute Gasteiger partial charge is 0.143 e. The van der Waals surface area contributed by atoms with Gasteiger partial charge in [-0.25, -0.2) is 0 Å².